The van der Waals surface area contributed by atoms with Crippen molar-refractivity contribution in [2.45, 2.75) is 25.5 Å². The van der Waals surface area contributed by atoms with Gasteiger partial charge in [0, 0.05) is 34.9 Å². The fourth-order valence-corrected chi connectivity index (χ4v) is 2.70. The maximum atomic E-state index is 12.0. The average molecular weight is 356 g/mol. The number of aliphatic imine (C=N–C) groups is 1. The quantitative estimate of drug-likeness (QED) is 0.423. The Kier molecular flexibility index (Phi) is 8.60. The first kappa shape index (κ1) is 20.3. The zero-order valence-electron chi connectivity index (χ0n) is 15.2. The summed E-state index contributed by atoms with van der Waals surface area (Å²) >= 11 is 0. The van der Waals surface area contributed by atoms with Crippen molar-refractivity contribution < 1.29 is 13.7 Å². The van der Waals surface area contributed by atoms with Gasteiger partial charge in [0.15, 0.2) is 5.96 Å². The highest BCUT2D eigenvalue weighted by atomic mass is 32.2. The van der Waals surface area contributed by atoms with Crippen molar-refractivity contribution in [2.24, 2.45) is 4.99 Å². The van der Waals surface area contributed by atoms with Gasteiger partial charge >= 0.3 is 0 Å². The normalized spacial score (nSPS) is 13.3. The second kappa shape index (κ2) is 10.2. The average Bonchev–Trinajstić information content (AvgIpc) is 2.56. The number of benzene rings is 1. The molecule has 0 saturated heterocycles. The molecule has 0 aliphatic heterocycles. The van der Waals surface area contributed by atoms with Crippen molar-refractivity contribution in [1.82, 2.24) is 10.6 Å². The summed E-state index contributed by atoms with van der Waals surface area (Å²) < 4.78 is 22.5. The molecule has 0 aromatic heterocycles. The Balaban J connectivity index is 2.23. The molecule has 0 spiro atoms. The molecule has 0 heterocycles. The van der Waals surface area contributed by atoms with E-state index in [1.807, 2.05) is 45.0 Å². The fraction of sp³-hybridized carbons (Fsp3) is 0.588. The van der Waals surface area contributed by atoms with Crippen LogP contribution in [-0.4, -0.2) is 54.5 Å². The minimum Gasteiger partial charge on any atom is -0.497 e. The standard InChI is InChI=1S/C17H29N3O3S/c1-17(2,3)24(21)13-11-20-16(18-4)19-10-12-23-15-8-6-14(22-5)7-9-15/h6-9H,10-13H2,1-5H3,(H2,18,19,20). The van der Waals surface area contributed by atoms with Gasteiger partial charge < -0.3 is 20.1 Å². The fourth-order valence-electron chi connectivity index (χ4n) is 1.80. The van der Waals surface area contributed by atoms with Crippen LogP contribution in [0.1, 0.15) is 20.8 Å². The van der Waals surface area contributed by atoms with Crippen LogP contribution in [0.5, 0.6) is 11.5 Å². The first-order valence-corrected chi connectivity index (χ1v) is 9.28. The highest BCUT2D eigenvalue weighted by molar-refractivity contribution is 7.86. The molecule has 7 heteroatoms. The molecular weight excluding hydrogens is 326 g/mol. The second-order valence-corrected chi connectivity index (χ2v) is 8.44. The number of methoxy groups -OCH3 is 1. The Morgan fingerprint density at radius 2 is 1.71 bits per heavy atom. The van der Waals surface area contributed by atoms with E-state index in [-0.39, 0.29) is 4.75 Å². The van der Waals surface area contributed by atoms with Crippen LogP contribution >= 0.6 is 0 Å². The molecule has 0 saturated carbocycles. The zero-order chi connectivity index (χ0) is 18.0. The van der Waals surface area contributed by atoms with Crippen LogP contribution in [0.25, 0.3) is 0 Å². The largest absolute Gasteiger partial charge is 0.497 e. The lowest BCUT2D eigenvalue weighted by Gasteiger charge is -2.18. The Morgan fingerprint density at radius 1 is 1.12 bits per heavy atom. The molecule has 0 bridgehead atoms. The molecule has 0 aliphatic carbocycles. The molecular formula is C17H29N3O3S. The van der Waals surface area contributed by atoms with Crippen LogP contribution < -0.4 is 20.1 Å². The molecule has 1 atom stereocenters. The summed E-state index contributed by atoms with van der Waals surface area (Å²) in [5.74, 6) is 2.87. The Morgan fingerprint density at radius 3 is 2.25 bits per heavy atom. The van der Waals surface area contributed by atoms with Crippen LogP contribution in [0.4, 0.5) is 0 Å². The van der Waals surface area contributed by atoms with E-state index in [2.05, 4.69) is 15.6 Å². The highest BCUT2D eigenvalue weighted by Gasteiger charge is 2.18. The first-order chi connectivity index (χ1) is 11.4. The topological polar surface area (TPSA) is 72.0 Å². The number of hydrogen-bond donors (Lipinski definition) is 2. The molecule has 1 unspecified atom stereocenters. The third-order valence-electron chi connectivity index (χ3n) is 3.21. The molecule has 136 valence electrons. The lowest BCUT2D eigenvalue weighted by atomic mass is 10.3. The summed E-state index contributed by atoms with van der Waals surface area (Å²) in [4.78, 5) is 4.14. The van der Waals surface area contributed by atoms with Gasteiger partial charge in [-0.3, -0.25) is 9.20 Å². The smallest absolute Gasteiger partial charge is 0.191 e. The molecule has 6 nitrogen and oxygen atoms in total. The van der Waals surface area contributed by atoms with E-state index in [4.69, 9.17) is 9.47 Å². The maximum Gasteiger partial charge on any atom is 0.191 e. The van der Waals surface area contributed by atoms with Gasteiger partial charge in [0.05, 0.1) is 13.7 Å². The van der Waals surface area contributed by atoms with Crippen molar-refractivity contribution in [1.29, 1.82) is 0 Å². The van der Waals surface area contributed by atoms with Crippen LogP contribution in [0, 0.1) is 0 Å². The van der Waals surface area contributed by atoms with Gasteiger partial charge in [-0.25, -0.2) is 0 Å². The number of ether oxygens (including phenoxy) is 2. The molecule has 0 aliphatic rings. The number of nitrogens with zero attached hydrogens (tertiary/aromatic N) is 1. The summed E-state index contributed by atoms with van der Waals surface area (Å²) in [6.07, 6.45) is 0. The number of hydrogen-bond acceptors (Lipinski definition) is 4. The number of nitrogens with one attached hydrogen (secondary N) is 2. The van der Waals surface area contributed by atoms with Gasteiger partial charge in [-0.2, -0.15) is 0 Å². The van der Waals surface area contributed by atoms with Crippen molar-refractivity contribution in [3.05, 3.63) is 24.3 Å². The molecule has 1 aromatic rings. The number of rotatable bonds is 8. The van der Waals surface area contributed by atoms with Crippen molar-refractivity contribution >= 4 is 16.8 Å². The van der Waals surface area contributed by atoms with E-state index >= 15 is 0 Å². The van der Waals surface area contributed by atoms with E-state index in [0.717, 1.165) is 11.5 Å². The molecule has 1 rings (SSSR count). The third-order valence-corrected chi connectivity index (χ3v) is 5.15. The van der Waals surface area contributed by atoms with Crippen molar-refractivity contribution in [2.75, 3.05) is 39.6 Å². The van der Waals surface area contributed by atoms with E-state index in [1.54, 1.807) is 14.2 Å². The van der Waals surface area contributed by atoms with E-state index in [0.29, 0.717) is 31.4 Å². The summed E-state index contributed by atoms with van der Waals surface area (Å²) in [5, 5.41) is 6.32. The SMILES string of the molecule is CN=C(NCCOc1ccc(OC)cc1)NCCS(=O)C(C)(C)C. The summed E-state index contributed by atoms with van der Waals surface area (Å²) in [7, 11) is 2.47. The molecule has 0 amide bonds. The molecule has 1 aromatic carbocycles. The van der Waals surface area contributed by atoms with Gasteiger partial charge in [0.25, 0.3) is 0 Å². The van der Waals surface area contributed by atoms with Crippen molar-refractivity contribution in [3.63, 3.8) is 0 Å². The van der Waals surface area contributed by atoms with Gasteiger partial charge in [-0.05, 0) is 45.0 Å². The lowest BCUT2D eigenvalue weighted by molar-refractivity contribution is 0.321. The Hall–Kier alpha value is -1.76. The molecule has 0 radical (unpaired) electrons. The van der Waals surface area contributed by atoms with Gasteiger partial charge in [0.1, 0.15) is 18.1 Å². The molecule has 2 N–H and O–H groups in total. The lowest BCUT2D eigenvalue weighted by Crippen LogP contribution is -2.41. The van der Waals surface area contributed by atoms with Gasteiger partial charge in [0.2, 0.25) is 0 Å². The van der Waals surface area contributed by atoms with E-state index < -0.39 is 10.8 Å². The molecule has 24 heavy (non-hydrogen) atoms. The predicted octanol–water partition coefficient (Wildman–Crippen LogP) is 1.79. The van der Waals surface area contributed by atoms with Gasteiger partial charge in [-0.1, -0.05) is 0 Å². The second-order valence-electron chi connectivity index (χ2n) is 6.11. The van der Waals surface area contributed by atoms with E-state index in [9.17, 15) is 4.21 Å². The summed E-state index contributed by atoms with van der Waals surface area (Å²) in [6.45, 7) is 7.68. The summed E-state index contributed by atoms with van der Waals surface area (Å²) in [5.41, 5.74) is 0. The molecule has 0 fully saturated rings. The highest BCUT2D eigenvalue weighted by Crippen LogP contribution is 2.16. The van der Waals surface area contributed by atoms with Crippen LogP contribution in [0.3, 0.4) is 0 Å². The third kappa shape index (κ3) is 7.68. The first-order valence-electron chi connectivity index (χ1n) is 7.96. The monoisotopic (exact) mass is 355 g/mol. The van der Waals surface area contributed by atoms with Gasteiger partial charge in [-0.15, -0.1) is 0 Å². The minimum absolute atomic E-state index is 0.190. The summed E-state index contributed by atoms with van der Waals surface area (Å²) in [6, 6.07) is 7.46. The minimum atomic E-state index is -0.871. The van der Waals surface area contributed by atoms with Crippen LogP contribution in [0.2, 0.25) is 0 Å². The van der Waals surface area contributed by atoms with Crippen LogP contribution in [0.15, 0.2) is 29.3 Å². The van der Waals surface area contributed by atoms with E-state index in [1.165, 1.54) is 0 Å². The van der Waals surface area contributed by atoms with Crippen LogP contribution in [-0.2, 0) is 10.8 Å². The predicted molar refractivity (Wildman–Crippen MR) is 101 cm³/mol. The zero-order valence-corrected chi connectivity index (χ0v) is 16.0. The van der Waals surface area contributed by atoms with Crippen molar-refractivity contribution in [3.8, 4) is 11.5 Å². The maximum absolute atomic E-state index is 12.0. The Bertz CT molecular complexity index is 539. The number of guanidine groups is 1. The Labute approximate surface area is 147 Å².